The highest BCUT2D eigenvalue weighted by Crippen LogP contribution is 2.37. The third kappa shape index (κ3) is 4.14. The number of rotatable bonds is 4. The first kappa shape index (κ1) is 21.7. The maximum Gasteiger partial charge on any atom is 0.210 e. The van der Waals surface area contributed by atoms with Crippen LogP contribution in [0.4, 0.5) is 15.8 Å². The molecule has 0 amide bonds. The van der Waals surface area contributed by atoms with Crippen LogP contribution < -0.4 is 9.80 Å². The van der Waals surface area contributed by atoms with Crippen LogP contribution >= 0.6 is 11.6 Å². The van der Waals surface area contributed by atoms with Gasteiger partial charge in [-0.05, 0) is 54.6 Å². The van der Waals surface area contributed by atoms with Crippen LogP contribution in [0.15, 0.2) is 88.8 Å². The summed E-state index contributed by atoms with van der Waals surface area (Å²) >= 11 is 6.29. The molecule has 2 heterocycles. The molecule has 1 aliphatic rings. The minimum absolute atomic E-state index is 0.165. The molecule has 0 N–H and O–H groups in total. The molecule has 1 fully saturated rings. The van der Waals surface area contributed by atoms with Crippen molar-refractivity contribution in [1.82, 2.24) is 4.98 Å². The Kier molecular flexibility index (Phi) is 5.68. The van der Waals surface area contributed by atoms with E-state index in [1.54, 1.807) is 60.7 Å². The van der Waals surface area contributed by atoms with Gasteiger partial charge in [0.15, 0.2) is 0 Å². The SMILES string of the molecule is O=S(=O)(c1ccccc1)c1cnc2ccc(Cl)cc2c1N1CCN(c2ccc(F)cc2)CC1. The van der Waals surface area contributed by atoms with Gasteiger partial charge in [-0.25, -0.2) is 12.8 Å². The van der Waals surface area contributed by atoms with E-state index >= 15 is 0 Å². The molecule has 8 heteroatoms. The largest absolute Gasteiger partial charge is 0.368 e. The molecule has 0 unspecified atom stereocenters. The number of pyridine rings is 1. The zero-order valence-corrected chi connectivity index (χ0v) is 19.2. The first-order valence-corrected chi connectivity index (χ1v) is 12.4. The third-order valence-electron chi connectivity index (χ3n) is 5.90. The molecule has 0 radical (unpaired) electrons. The molecule has 0 spiro atoms. The lowest BCUT2D eigenvalue weighted by molar-refractivity contribution is 0.594. The number of fused-ring (bicyclic) bond motifs is 1. The first-order valence-electron chi connectivity index (χ1n) is 10.6. The van der Waals surface area contributed by atoms with Gasteiger partial charge in [0.25, 0.3) is 0 Å². The van der Waals surface area contributed by atoms with Gasteiger partial charge in [-0.1, -0.05) is 29.8 Å². The lowest BCUT2D eigenvalue weighted by atomic mass is 10.1. The number of aromatic nitrogens is 1. The van der Waals surface area contributed by atoms with Gasteiger partial charge < -0.3 is 9.80 Å². The molecule has 5 nitrogen and oxygen atoms in total. The van der Waals surface area contributed by atoms with Crippen LogP contribution in [0.2, 0.25) is 5.02 Å². The van der Waals surface area contributed by atoms with Crippen molar-refractivity contribution in [3.8, 4) is 0 Å². The summed E-state index contributed by atoms with van der Waals surface area (Å²) in [5.41, 5.74) is 2.24. The second-order valence-corrected chi connectivity index (χ2v) is 10.3. The highest BCUT2D eigenvalue weighted by Gasteiger charge is 2.29. The molecule has 0 saturated carbocycles. The molecular weight excluding hydrogens is 461 g/mol. The summed E-state index contributed by atoms with van der Waals surface area (Å²) < 4.78 is 40.5. The highest BCUT2D eigenvalue weighted by atomic mass is 35.5. The van der Waals surface area contributed by atoms with E-state index in [0.717, 1.165) is 5.69 Å². The molecule has 1 aliphatic heterocycles. The van der Waals surface area contributed by atoms with E-state index in [0.29, 0.717) is 47.8 Å². The van der Waals surface area contributed by atoms with Crippen molar-refractivity contribution in [2.45, 2.75) is 9.79 Å². The van der Waals surface area contributed by atoms with Gasteiger partial charge in [0, 0.05) is 48.5 Å². The molecule has 0 atom stereocenters. The number of benzene rings is 3. The van der Waals surface area contributed by atoms with Crippen molar-refractivity contribution in [3.63, 3.8) is 0 Å². The molecule has 0 aliphatic carbocycles. The average Bonchev–Trinajstić information content (AvgIpc) is 2.84. The Labute approximate surface area is 197 Å². The molecule has 0 bridgehead atoms. The number of anilines is 2. The van der Waals surface area contributed by atoms with Crippen molar-refractivity contribution < 1.29 is 12.8 Å². The van der Waals surface area contributed by atoms with Crippen molar-refractivity contribution >= 4 is 43.7 Å². The zero-order chi connectivity index (χ0) is 23.0. The highest BCUT2D eigenvalue weighted by molar-refractivity contribution is 7.91. The Morgan fingerprint density at radius 2 is 1.52 bits per heavy atom. The molecule has 33 heavy (non-hydrogen) atoms. The van der Waals surface area contributed by atoms with Crippen LogP contribution in [0.5, 0.6) is 0 Å². The van der Waals surface area contributed by atoms with Gasteiger partial charge in [-0.3, -0.25) is 4.98 Å². The topological polar surface area (TPSA) is 53.5 Å². The Hall–Kier alpha value is -3.16. The molecule has 5 rings (SSSR count). The Morgan fingerprint density at radius 3 is 2.21 bits per heavy atom. The van der Waals surface area contributed by atoms with Crippen LogP contribution in [0.3, 0.4) is 0 Å². The van der Waals surface area contributed by atoms with E-state index in [2.05, 4.69) is 14.8 Å². The van der Waals surface area contributed by atoms with Crippen molar-refractivity contribution in [3.05, 3.63) is 89.8 Å². The maximum atomic E-state index is 13.6. The first-order chi connectivity index (χ1) is 15.9. The molecule has 4 aromatic rings. The van der Waals surface area contributed by atoms with Crippen LogP contribution in [0.1, 0.15) is 0 Å². The Balaban J connectivity index is 1.57. The van der Waals surface area contributed by atoms with Crippen LogP contribution in [-0.4, -0.2) is 39.6 Å². The minimum atomic E-state index is -3.80. The van der Waals surface area contributed by atoms with Crippen molar-refractivity contribution in [2.24, 2.45) is 0 Å². The molecule has 1 aromatic heterocycles. The van der Waals surface area contributed by atoms with E-state index in [1.165, 1.54) is 18.3 Å². The third-order valence-corrected chi connectivity index (χ3v) is 7.90. The van der Waals surface area contributed by atoms with Gasteiger partial charge >= 0.3 is 0 Å². The van der Waals surface area contributed by atoms with E-state index < -0.39 is 9.84 Å². The second-order valence-electron chi connectivity index (χ2n) is 7.90. The number of hydrogen-bond acceptors (Lipinski definition) is 5. The fourth-order valence-corrected chi connectivity index (χ4v) is 5.85. The van der Waals surface area contributed by atoms with E-state index in [9.17, 15) is 12.8 Å². The van der Waals surface area contributed by atoms with Crippen molar-refractivity contribution in [2.75, 3.05) is 36.0 Å². The molecular formula is C25H21ClFN3O2S. The van der Waals surface area contributed by atoms with E-state index in [-0.39, 0.29) is 15.6 Å². The summed E-state index contributed by atoms with van der Waals surface area (Å²) in [7, 11) is -3.80. The summed E-state index contributed by atoms with van der Waals surface area (Å²) in [6.45, 7) is 2.53. The smallest absolute Gasteiger partial charge is 0.210 e. The summed E-state index contributed by atoms with van der Waals surface area (Å²) in [5, 5.41) is 1.22. The summed E-state index contributed by atoms with van der Waals surface area (Å²) in [5.74, 6) is -0.270. The van der Waals surface area contributed by atoms with Gasteiger partial charge in [0.05, 0.1) is 16.1 Å². The van der Waals surface area contributed by atoms with Crippen LogP contribution in [0.25, 0.3) is 10.9 Å². The van der Waals surface area contributed by atoms with Gasteiger partial charge in [0.1, 0.15) is 10.7 Å². The summed E-state index contributed by atoms with van der Waals surface area (Å²) in [6, 6.07) is 20.1. The minimum Gasteiger partial charge on any atom is -0.368 e. The fourth-order valence-electron chi connectivity index (χ4n) is 4.22. The van der Waals surface area contributed by atoms with Crippen LogP contribution in [-0.2, 0) is 9.84 Å². The lowest BCUT2D eigenvalue weighted by Crippen LogP contribution is -2.47. The van der Waals surface area contributed by atoms with E-state index in [1.807, 2.05) is 0 Å². The standard InChI is InChI=1S/C25H21ClFN3O2S/c26-18-6-11-23-22(16-18)25(24(17-28-23)33(31,32)21-4-2-1-3-5-21)30-14-12-29(13-15-30)20-9-7-19(27)8-10-20/h1-11,16-17H,12-15H2. The van der Waals surface area contributed by atoms with E-state index in [4.69, 9.17) is 11.6 Å². The second kappa shape index (κ2) is 8.65. The fraction of sp³-hybridized carbons (Fsp3) is 0.160. The number of halogens is 2. The summed E-state index contributed by atoms with van der Waals surface area (Å²) in [6.07, 6.45) is 1.44. The maximum absolute atomic E-state index is 13.6. The Morgan fingerprint density at radius 1 is 0.848 bits per heavy atom. The number of sulfone groups is 1. The lowest BCUT2D eigenvalue weighted by Gasteiger charge is -2.38. The predicted molar refractivity (Wildman–Crippen MR) is 129 cm³/mol. The predicted octanol–water partition coefficient (Wildman–Crippen LogP) is 5.19. The van der Waals surface area contributed by atoms with Crippen molar-refractivity contribution in [1.29, 1.82) is 0 Å². The molecule has 1 saturated heterocycles. The number of hydrogen-bond donors (Lipinski definition) is 0. The Bertz CT molecular complexity index is 1410. The normalized spacial score (nSPS) is 14.6. The monoisotopic (exact) mass is 481 g/mol. The average molecular weight is 482 g/mol. The van der Waals surface area contributed by atoms with Gasteiger partial charge in [0.2, 0.25) is 9.84 Å². The van der Waals surface area contributed by atoms with Crippen LogP contribution in [0, 0.1) is 5.82 Å². The molecule has 168 valence electrons. The zero-order valence-electron chi connectivity index (χ0n) is 17.7. The van der Waals surface area contributed by atoms with Gasteiger partial charge in [-0.2, -0.15) is 0 Å². The molecule has 3 aromatic carbocycles. The number of piperazine rings is 1. The van der Waals surface area contributed by atoms with Gasteiger partial charge in [-0.15, -0.1) is 0 Å². The summed E-state index contributed by atoms with van der Waals surface area (Å²) in [4.78, 5) is 9.06. The number of nitrogens with zero attached hydrogens (tertiary/aromatic N) is 3. The quantitative estimate of drug-likeness (QED) is 0.401.